The highest BCUT2D eigenvalue weighted by molar-refractivity contribution is 5.78. The topological polar surface area (TPSA) is 66.2 Å². The zero-order valence-electron chi connectivity index (χ0n) is 32.1. The molecule has 0 saturated carbocycles. The van der Waals surface area contributed by atoms with Crippen molar-refractivity contribution >= 4 is 5.97 Å². The number of rotatable bonds is 20. The summed E-state index contributed by atoms with van der Waals surface area (Å²) in [5.41, 5.74) is 7.62. The lowest BCUT2D eigenvalue weighted by Gasteiger charge is -2.38. The summed E-state index contributed by atoms with van der Waals surface area (Å²) < 4.78 is 14.9. The van der Waals surface area contributed by atoms with Gasteiger partial charge in [0.05, 0.1) is 12.2 Å². The van der Waals surface area contributed by atoms with Gasteiger partial charge in [0, 0.05) is 29.2 Å². The fourth-order valence-corrected chi connectivity index (χ4v) is 7.72. The van der Waals surface area contributed by atoms with Crippen molar-refractivity contribution in [3.05, 3.63) is 82.9 Å². The van der Waals surface area contributed by atoms with Crippen molar-refractivity contribution in [1.82, 2.24) is 15.0 Å². The number of ether oxygens (including phenoxy) is 2. The highest BCUT2D eigenvalue weighted by Gasteiger charge is 2.36. The minimum atomic E-state index is -0.329. The predicted molar refractivity (Wildman–Crippen MR) is 210 cm³/mol. The molecule has 4 aromatic rings. The minimum absolute atomic E-state index is 0.218. The van der Waals surface area contributed by atoms with Crippen LogP contribution in [0.15, 0.2) is 60.7 Å². The molecule has 0 N–H and O–H groups in total. The first-order valence-electron chi connectivity index (χ1n) is 19.9. The minimum Gasteiger partial charge on any atom is -0.487 e. The molecule has 5 rings (SSSR count). The average molecular weight is 692 g/mol. The molecule has 3 aromatic carbocycles. The number of unbranched alkanes of at least 4 members (excludes halogenated alkanes) is 13. The highest BCUT2D eigenvalue weighted by atomic mass is 16.5. The van der Waals surface area contributed by atoms with Gasteiger partial charge in [0.15, 0.2) is 0 Å². The Labute approximate surface area is 307 Å². The summed E-state index contributed by atoms with van der Waals surface area (Å²) in [6, 6.07) is 20.5. The lowest BCUT2D eigenvalue weighted by Crippen LogP contribution is -2.37. The van der Waals surface area contributed by atoms with E-state index in [1.807, 2.05) is 48.0 Å². The van der Waals surface area contributed by atoms with E-state index < -0.39 is 0 Å². The molecule has 0 fully saturated rings. The number of benzene rings is 3. The van der Waals surface area contributed by atoms with Crippen LogP contribution in [0.4, 0.5) is 0 Å². The number of esters is 1. The number of hydrogen-bond acceptors (Lipinski definition) is 5. The largest absolute Gasteiger partial charge is 0.487 e. The van der Waals surface area contributed by atoms with Crippen LogP contribution in [0.2, 0.25) is 0 Å². The Morgan fingerprint density at radius 3 is 1.90 bits per heavy atom. The van der Waals surface area contributed by atoms with Gasteiger partial charge in [-0.05, 0) is 57.6 Å². The Hall–Kier alpha value is -3.93. The van der Waals surface area contributed by atoms with E-state index in [4.69, 9.17) is 14.7 Å². The number of carbonyl (C=O) groups is 1. The lowest BCUT2D eigenvalue weighted by molar-refractivity contribution is -0.132. The predicted octanol–water partition coefficient (Wildman–Crippen LogP) is 12.2. The molecule has 1 aliphatic rings. The van der Waals surface area contributed by atoms with E-state index in [-0.39, 0.29) is 11.6 Å². The summed E-state index contributed by atoms with van der Waals surface area (Å²) in [6.45, 7) is 10.6. The second-order valence-corrected chi connectivity index (χ2v) is 15.0. The third-order valence-corrected chi connectivity index (χ3v) is 10.9. The number of carbonyl (C=O) groups excluding carboxylic acids is 1. The summed E-state index contributed by atoms with van der Waals surface area (Å²) >= 11 is 0. The molecule has 6 nitrogen and oxygen atoms in total. The Bertz CT molecular complexity index is 1680. The van der Waals surface area contributed by atoms with Gasteiger partial charge >= 0.3 is 5.97 Å². The van der Waals surface area contributed by atoms with Crippen molar-refractivity contribution in [2.75, 3.05) is 0 Å². The molecule has 2 heterocycles. The maximum atomic E-state index is 12.5. The zero-order valence-corrected chi connectivity index (χ0v) is 32.1. The van der Waals surface area contributed by atoms with Crippen LogP contribution >= 0.6 is 0 Å². The molecular weight excluding hydrogens is 631 g/mol. The van der Waals surface area contributed by atoms with Gasteiger partial charge in [-0.15, -0.1) is 5.10 Å². The molecule has 1 aliphatic heterocycles. The van der Waals surface area contributed by atoms with Crippen LogP contribution in [0.3, 0.4) is 0 Å². The second kappa shape index (κ2) is 19.1. The smallest absolute Gasteiger partial charge is 0.308 e. The highest BCUT2D eigenvalue weighted by Crippen LogP contribution is 2.46. The summed E-state index contributed by atoms with van der Waals surface area (Å²) in [6.07, 6.45) is 21.9. The van der Waals surface area contributed by atoms with Gasteiger partial charge in [-0.2, -0.15) is 0 Å². The van der Waals surface area contributed by atoms with E-state index in [0.717, 1.165) is 69.8 Å². The lowest BCUT2D eigenvalue weighted by atomic mass is 9.84. The van der Waals surface area contributed by atoms with E-state index in [0.29, 0.717) is 12.3 Å². The van der Waals surface area contributed by atoms with Crippen LogP contribution in [-0.4, -0.2) is 26.6 Å². The van der Waals surface area contributed by atoms with Crippen LogP contribution in [0, 0.1) is 13.8 Å². The monoisotopic (exact) mass is 691 g/mol. The van der Waals surface area contributed by atoms with Crippen molar-refractivity contribution < 1.29 is 14.3 Å². The van der Waals surface area contributed by atoms with Gasteiger partial charge in [-0.25, -0.2) is 4.68 Å². The maximum absolute atomic E-state index is 12.5. The van der Waals surface area contributed by atoms with E-state index in [1.54, 1.807) is 0 Å². The van der Waals surface area contributed by atoms with Crippen LogP contribution in [-0.2, 0) is 17.8 Å². The quantitative estimate of drug-likeness (QED) is 0.0524. The van der Waals surface area contributed by atoms with Gasteiger partial charge in [0.1, 0.15) is 22.8 Å². The van der Waals surface area contributed by atoms with Gasteiger partial charge < -0.3 is 9.47 Å². The van der Waals surface area contributed by atoms with Gasteiger partial charge in [0.25, 0.3) is 0 Å². The molecule has 0 radical (unpaired) electrons. The molecule has 0 saturated heterocycles. The fraction of sp³-hybridized carbons (Fsp3) is 0.533. The molecule has 1 aromatic heterocycles. The Morgan fingerprint density at radius 2 is 1.33 bits per heavy atom. The summed E-state index contributed by atoms with van der Waals surface area (Å²) in [5, 5.41) is 9.39. The van der Waals surface area contributed by atoms with E-state index in [9.17, 15) is 4.79 Å². The Kier molecular flexibility index (Phi) is 14.3. The van der Waals surface area contributed by atoms with Crippen molar-refractivity contribution in [3.8, 4) is 34.0 Å². The van der Waals surface area contributed by atoms with Crippen LogP contribution in [0.5, 0.6) is 11.5 Å². The molecule has 6 heteroatoms. The van der Waals surface area contributed by atoms with E-state index in [2.05, 4.69) is 50.1 Å². The number of nitrogens with zero attached hydrogens (tertiary/aromatic N) is 3. The van der Waals surface area contributed by atoms with Crippen molar-refractivity contribution in [2.45, 2.75) is 156 Å². The SMILES string of the molecule is CCCCCCCCCCCCCCCCC1(C)CCc2c(Cn3nnc(-c4ccccc4)c3-c3ccccc3)c(OC(C)=O)c(C)c(C)c2O1. The van der Waals surface area contributed by atoms with Gasteiger partial charge in [-0.1, -0.05) is 156 Å². The molecule has 274 valence electrons. The summed E-state index contributed by atoms with van der Waals surface area (Å²) in [4.78, 5) is 12.5. The maximum Gasteiger partial charge on any atom is 0.308 e. The van der Waals surface area contributed by atoms with Crippen LogP contribution in [0.25, 0.3) is 22.5 Å². The summed E-state index contributed by atoms with van der Waals surface area (Å²) in [5.74, 6) is 1.24. The molecular formula is C45H61N3O3. The number of hydrogen-bond donors (Lipinski definition) is 0. The third-order valence-electron chi connectivity index (χ3n) is 10.9. The molecule has 1 unspecified atom stereocenters. The van der Waals surface area contributed by atoms with Crippen LogP contribution in [0.1, 0.15) is 146 Å². The average Bonchev–Trinajstić information content (AvgIpc) is 3.56. The second-order valence-electron chi connectivity index (χ2n) is 15.0. The van der Waals surface area contributed by atoms with Crippen molar-refractivity contribution in [3.63, 3.8) is 0 Å². The molecule has 0 aliphatic carbocycles. The first-order chi connectivity index (χ1) is 24.8. The fourth-order valence-electron chi connectivity index (χ4n) is 7.72. The standard InChI is InChI=1S/C45H61N3O3/c1-6-7-8-9-10-11-12-13-14-15-16-17-18-25-31-45(5)32-30-39-40(43(50-36(4)49)34(2)35(3)44(39)51-45)33-48-42(38-28-23-20-24-29-38)41(46-47-48)37-26-21-19-22-27-37/h19-24,26-29H,6-18,25,30-33H2,1-5H3. The van der Waals surface area contributed by atoms with Gasteiger partial charge in [-0.3, -0.25) is 4.79 Å². The molecule has 1 atom stereocenters. The number of fused-ring (bicyclic) bond motifs is 1. The Morgan fingerprint density at radius 1 is 0.784 bits per heavy atom. The molecule has 0 amide bonds. The molecule has 0 bridgehead atoms. The normalized spacial score (nSPS) is 15.4. The third kappa shape index (κ3) is 10.3. The zero-order chi connectivity index (χ0) is 36.1. The molecule has 51 heavy (non-hydrogen) atoms. The van der Waals surface area contributed by atoms with Crippen molar-refractivity contribution in [2.24, 2.45) is 0 Å². The van der Waals surface area contributed by atoms with Crippen molar-refractivity contribution in [1.29, 1.82) is 0 Å². The molecule has 0 spiro atoms. The number of aromatic nitrogens is 3. The van der Waals surface area contributed by atoms with E-state index in [1.165, 1.54) is 96.8 Å². The van der Waals surface area contributed by atoms with Gasteiger partial charge in [0.2, 0.25) is 0 Å². The van der Waals surface area contributed by atoms with E-state index >= 15 is 0 Å². The Balaban J connectivity index is 1.26. The first-order valence-corrected chi connectivity index (χ1v) is 19.9. The van der Waals surface area contributed by atoms with Crippen LogP contribution < -0.4 is 9.47 Å². The summed E-state index contributed by atoms with van der Waals surface area (Å²) in [7, 11) is 0. The first kappa shape index (κ1) is 38.3.